The van der Waals surface area contributed by atoms with Crippen molar-refractivity contribution >= 4 is 0 Å². The number of unbranched alkanes of at least 4 members (excludes halogenated alkanes) is 1. The number of nitrogens with one attached hydrogen (secondary N) is 1. The third-order valence-electron chi connectivity index (χ3n) is 3.78. The van der Waals surface area contributed by atoms with Gasteiger partial charge < -0.3 is 10.4 Å². The van der Waals surface area contributed by atoms with E-state index >= 15 is 0 Å². The maximum absolute atomic E-state index is 12.3. The van der Waals surface area contributed by atoms with Crippen LogP contribution in [0.4, 0.5) is 13.2 Å². The van der Waals surface area contributed by atoms with Gasteiger partial charge in [-0.15, -0.1) is 0 Å². The monoisotopic (exact) mass is 296 g/mol. The Balaban J connectivity index is 2.21. The van der Waals surface area contributed by atoms with E-state index in [0.29, 0.717) is 19.1 Å². The number of halogens is 3. The summed E-state index contributed by atoms with van der Waals surface area (Å²) in [5.74, 6) is 0. The molecule has 0 radical (unpaired) electrons. The van der Waals surface area contributed by atoms with Crippen LogP contribution >= 0.6 is 0 Å². The minimum absolute atomic E-state index is 0.0730. The van der Waals surface area contributed by atoms with Gasteiger partial charge in [0, 0.05) is 11.6 Å². The maximum Gasteiger partial charge on any atom is 0.401 e. The van der Waals surface area contributed by atoms with Crippen LogP contribution in [0.3, 0.4) is 0 Å². The fraction of sp³-hybridized carbons (Fsp3) is 1.00. The fourth-order valence-electron chi connectivity index (χ4n) is 2.37. The maximum atomic E-state index is 12.3. The lowest BCUT2D eigenvalue weighted by Crippen LogP contribution is -2.47. The van der Waals surface area contributed by atoms with E-state index < -0.39 is 12.7 Å². The van der Waals surface area contributed by atoms with Gasteiger partial charge in [0.2, 0.25) is 0 Å². The summed E-state index contributed by atoms with van der Waals surface area (Å²) in [4.78, 5) is 1.42. The van der Waals surface area contributed by atoms with Gasteiger partial charge in [-0.3, -0.25) is 4.90 Å². The van der Waals surface area contributed by atoms with E-state index in [9.17, 15) is 18.3 Å². The van der Waals surface area contributed by atoms with Gasteiger partial charge in [0.15, 0.2) is 0 Å². The van der Waals surface area contributed by atoms with Crippen LogP contribution in [0, 0.1) is 0 Å². The molecule has 1 rings (SSSR count). The molecule has 3 nitrogen and oxygen atoms in total. The molecule has 0 aromatic heterocycles. The summed E-state index contributed by atoms with van der Waals surface area (Å²) >= 11 is 0. The van der Waals surface area contributed by atoms with Gasteiger partial charge in [0.05, 0.1) is 13.2 Å². The normalized spacial score (nSPS) is 19.4. The number of nitrogens with zero attached hydrogens (tertiary/aromatic N) is 1. The zero-order chi connectivity index (χ0) is 15.2. The first-order valence-electron chi connectivity index (χ1n) is 7.45. The third-order valence-corrected chi connectivity index (χ3v) is 3.78. The van der Waals surface area contributed by atoms with Crippen LogP contribution in [0.1, 0.15) is 46.0 Å². The summed E-state index contributed by atoms with van der Waals surface area (Å²) in [5.41, 5.74) is -0.289. The van der Waals surface area contributed by atoms with Gasteiger partial charge in [0.25, 0.3) is 0 Å². The third kappa shape index (κ3) is 7.45. The molecule has 1 unspecified atom stereocenters. The Hall–Kier alpha value is -0.330. The van der Waals surface area contributed by atoms with E-state index in [4.69, 9.17) is 0 Å². The van der Waals surface area contributed by atoms with E-state index in [-0.39, 0.29) is 12.1 Å². The first-order chi connectivity index (χ1) is 9.28. The zero-order valence-electron chi connectivity index (χ0n) is 12.5. The van der Waals surface area contributed by atoms with Crippen LogP contribution < -0.4 is 5.32 Å². The first kappa shape index (κ1) is 17.7. The summed E-state index contributed by atoms with van der Waals surface area (Å²) in [5, 5.41) is 12.9. The van der Waals surface area contributed by atoms with Crippen LogP contribution in [0.15, 0.2) is 0 Å². The molecule has 1 saturated carbocycles. The van der Waals surface area contributed by atoms with E-state index in [0.717, 1.165) is 32.1 Å². The largest absolute Gasteiger partial charge is 0.401 e. The predicted molar refractivity (Wildman–Crippen MR) is 73.7 cm³/mol. The summed E-state index contributed by atoms with van der Waals surface area (Å²) < 4.78 is 36.9. The van der Waals surface area contributed by atoms with Crippen LogP contribution in [0.2, 0.25) is 0 Å². The highest BCUT2D eigenvalue weighted by Crippen LogP contribution is 2.25. The molecule has 1 fully saturated rings. The van der Waals surface area contributed by atoms with Crippen molar-refractivity contribution in [3.8, 4) is 0 Å². The van der Waals surface area contributed by atoms with E-state index in [2.05, 4.69) is 5.32 Å². The molecule has 0 aromatic rings. The SMILES string of the molecule is CCN(CCCCC(C)(CO)NC1CC1)CC(F)(F)F. The quantitative estimate of drug-likeness (QED) is 0.608. The number of alkyl halides is 3. The average molecular weight is 296 g/mol. The van der Waals surface area contributed by atoms with Crippen molar-refractivity contribution in [3.63, 3.8) is 0 Å². The minimum atomic E-state index is -4.12. The van der Waals surface area contributed by atoms with Gasteiger partial charge in [-0.2, -0.15) is 13.2 Å². The highest BCUT2D eigenvalue weighted by atomic mass is 19.4. The molecule has 0 aromatic carbocycles. The Bertz CT molecular complexity index is 282. The smallest absolute Gasteiger partial charge is 0.394 e. The molecule has 0 amide bonds. The second-order valence-electron chi connectivity index (χ2n) is 6.08. The van der Waals surface area contributed by atoms with Crippen molar-refractivity contribution < 1.29 is 18.3 Å². The van der Waals surface area contributed by atoms with Crippen LogP contribution in [0.25, 0.3) is 0 Å². The Labute approximate surface area is 119 Å². The molecule has 1 aliphatic rings. The van der Waals surface area contributed by atoms with Gasteiger partial charge >= 0.3 is 6.18 Å². The Morgan fingerprint density at radius 1 is 1.25 bits per heavy atom. The first-order valence-corrected chi connectivity index (χ1v) is 7.45. The highest BCUT2D eigenvalue weighted by Gasteiger charge is 2.32. The van der Waals surface area contributed by atoms with Crippen LogP contribution in [-0.2, 0) is 0 Å². The van der Waals surface area contributed by atoms with Gasteiger partial charge in [-0.1, -0.05) is 13.3 Å². The number of rotatable bonds is 10. The molecule has 6 heteroatoms. The second kappa shape index (κ2) is 7.61. The molecule has 0 bridgehead atoms. The standard InChI is InChI=1S/C14H27F3N2O/c1-3-19(10-14(15,16)17)9-5-4-8-13(2,11-20)18-12-6-7-12/h12,18,20H,3-11H2,1-2H3. The Kier molecular flexibility index (Phi) is 6.75. The van der Waals surface area contributed by atoms with E-state index in [1.165, 1.54) is 4.90 Å². The van der Waals surface area contributed by atoms with Crippen LogP contribution in [-0.4, -0.2) is 54.0 Å². The van der Waals surface area contributed by atoms with Gasteiger partial charge in [-0.05, 0) is 45.7 Å². The van der Waals surface area contributed by atoms with Crippen molar-refractivity contribution in [2.45, 2.75) is 63.7 Å². The van der Waals surface area contributed by atoms with Crippen molar-refractivity contribution in [1.82, 2.24) is 10.2 Å². The average Bonchev–Trinajstić information content (AvgIpc) is 3.15. The van der Waals surface area contributed by atoms with Crippen molar-refractivity contribution in [1.29, 1.82) is 0 Å². The molecule has 1 atom stereocenters. The summed E-state index contributed by atoms with van der Waals surface area (Å²) in [6.07, 6.45) is 0.541. The molecule has 0 heterocycles. The summed E-state index contributed by atoms with van der Waals surface area (Å²) in [6.45, 7) is 3.85. The molecule has 0 spiro atoms. The van der Waals surface area contributed by atoms with E-state index in [1.54, 1.807) is 6.92 Å². The Morgan fingerprint density at radius 3 is 2.35 bits per heavy atom. The fourth-order valence-corrected chi connectivity index (χ4v) is 2.37. The molecule has 120 valence electrons. The number of aliphatic hydroxyl groups is 1. The molecular formula is C14H27F3N2O. The molecule has 20 heavy (non-hydrogen) atoms. The van der Waals surface area contributed by atoms with Gasteiger partial charge in [-0.25, -0.2) is 0 Å². The lowest BCUT2D eigenvalue weighted by atomic mass is 9.95. The number of hydrogen-bond acceptors (Lipinski definition) is 3. The van der Waals surface area contributed by atoms with Crippen LogP contribution in [0.5, 0.6) is 0 Å². The summed E-state index contributed by atoms with van der Waals surface area (Å²) in [6, 6.07) is 0.518. The Morgan fingerprint density at radius 2 is 1.90 bits per heavy atom. The summed E-state index contributed by atoms with van der Waals surface area (Å²) in [7, 11) is 0. The van der Waals surface area contributed by atoms with E-state index in [1.807, 2.05) is 6.92 Å². The topological polar surface area (TPSA) is 35.5 Å². The molecule has 1 aliphatic carbocycles. The molecule has 2 N–H and O–H groups in total. The number of hydrogen-bond donors (Lipinski definition) is 2. The molecular weight excluding hydrogens is 269 g/mol. The lowest BCUT2D eigenvalue weighted by molar-refractivity contribution is -0.145. The molecule has 0 saturated heterocycles. The lowest BCUT2D eigenvalue weighted by Gasteiger charge is -2.29. The molecule has 0 aliphatic heterocycles. The van der Waals surface area contributed by atoms with Crippen molar-refractivity contribution in [3.05, 3.63) is 0 Å². The number of aliphatic hydroxyl groups excluding tert-OH is 1. The highest BCUT2D eigenvalue weighted by molar-refractivity contribution is 4.92. The van der Waals surface area contributed by atoms with Gasteiger partial charge in [0.1, 0.15) is 0 Å². The van der Waals surface area contributed by atoms with Crippen molar-refractivity contribution in [2.24, 2.45) is 0 Å². The zero-order valence-corrected chi connectivity index (χ0v) is 12.5. The minimum Gasteiger partial charge on any atom is -0.394 e. The second-order valence-corrected chi connectivity index (χ2v) is 6.08. The van der Waals surface area contributed by atoms with Crippen molar-refractivity contribution in [2.75, 3.05) is 26.2 Å². The predicted octanol–water partition coefficient (Wildman–Crippen LogP) is 2.54.